The van der Waals surface area contributed by atoms with E-state index in [1.165, 1.54) is 12.1 Å². The Balaban J connectivity index is 1.66. The molecule has 294 valence electrons. The fourth-order valence-electron chi connectivity index (χ4n) is 3.55. The van der Waals surface area contributed by atoms with Crippen molar-refractivity contribution in [3.63, 3.8) is 0 Å². The molecule has 0 saturated heterocycles. The molecule has 50 heavy (non-hydrogen) atoms. The van der Waals surface area contributed by atoms with E-state index in [1.807, 2.05) is 6.92 Å². The zero-order chi connectivity index (χ0) is 36.1. The number of alkyl halides is 1. The van der Waals surface area contributed by atoms with Crippen molar-refractivity contribution in [3.05, 3.63) is 29.8 Å². The maximum atomic E-state index is 12.1. The molecule has 17 heteroatoms. The van der Waals surface area contributed by atoms with Gasteiger partial charge in [-0.25, -0.2) is 0 Å². The van der Waals surface area contributed by atoms with E-state index in [0.717, 1.165) is 10.9 Å². The van der Waals surface area contributed by atoms with E-state index < -0.39 is 10.1 Å². The molecule has 0 unspecified atom stereocenters. The average Bonchev–Trinajstić information content (AvgIpc) is 3.11. The third kappa shape index (κ3) is 31.8. The van der Waals surface area contributed by atoms with Crippen LogP contribution in [0.25, 0.3) is 0 Å². The minimum absolute atomic E-state index is 0.0607. The molecular weight excluding hydrogens is 748 g/mol. The zero-order valence-corrected chi connectivity index (χ0v) is 32.0. The highest BCUT2D eigenvalue weighted by Crippen LogP contribution is 2.12. The summed E-state index contributed by atoms with van der Waals surface area (Å²) in [5, 5.41) is 0.831. The van der Waals surface area contributed by atoms with Crippen LogP contribution in [0.15, 0.2) is 29.2 Å². The highest BCUT2D eigenvalue weighted by atomic mass is 79.9. The van der Waals surface area contributed by atoms with Gasteiger partial charge in [0.15, 0.2) is 0 Å². The number of ether oxygens (including phenoxy) is 12. The molecule has 0 atom stereocenters. The van der Waals surface area contributed by atoms with E-state index in [1.54, 1.807) is 12.1 Å². The van der Waals surface area contributed by atoms with Crippen LogP contribution in [0.3, 0.4) is 0 Å². The molecular formula is C33H59BrO15S. The Kier molecular flexibility index (Phi) is 34.4. The third-order valence-corrected chi connectivity index (χ3v) is 7.74. The minimum Gasteiger partial charge on any atom is -0.378 e. The number of hydrogen-bond acceptors (Lipinski definition) is 15. The van der Waals surface area contributed by atoms with Crippen molar-refractivity contribution in [2.24, 2.45) is 0 Å². The van der Waals surface area contributed by atoms with Gasteiger partial charge in [0.05, 0.1) is 170 Å². The standard InChI is InChI=1S/C33H59BrO15S/c1-32-2-4-33(5-3-32)50(35,36)49-31-30-48-29-28-47-27-26-46-25-24-45-23-22-44-21-20-43-19-18-42-17-16-41-15-14-40-13-12-39-11-10-38-9-8-37-7-6-34/h2-5H,6-31H2,1H3. The molecule has 0 fully saturated rings. The molecule has 0 spiro atoms. The molecule has 0 bridgehead atoms. The predicted octanol–water partition coefficient (Wildman–Crippen LogP) is 2.29. The molecule has 0 aromatic heterocycles. The van der Waals surface area contributed by atoms with Crippen molar-refractivity contribution >= 4 is 26.0 Å². The number of aryl methyl sites for hydroxylation is 1. The SMILES string of the molecule is Cc1ccc(S(=O)(=O)OCCOCCOCCOCCOCCOCCOCCOCCOCCOCCOCCOCCOCCBr)cc1. The van der Waals surface area contributed by atoms with Crippen LogP contribution in [0.5, 0.6) is 0 Å². The molecule has 1 rings (SSSR count). The van der Waals surface area contributed by atoms with Crippen LogP contribution in [0.4, 0.5) is 0 Å². The Morgan fingerprint density at radius 2 is 0.600 bits per heavy atom. The van der Waals surface area contributed by atoms with E-state index in [-0.39, 0.29) is 18.1 Å². The molecule has 0 aliphatic carbocycles. The summed E-state index contributed by atoms with van der Waals surface area (Å²) in [5.74, 6) is 0. The van der Waals surface area contributed by atoms with Crippen LogP contribution in [0.1, 0.15) is 5.56 Å². The maximum Gasteiger partial charge on any atom is 0.297 e. The summed E-state index contributed by atoms with van der Waals surface area (Å²) in [7, 11) is -3.78. The van der Waals surface area contributed by atoms with Gasteiger partial charge in [-0.15, -0.1) is 0 Å². The molecule has 0 radical (unpaired) electrons. The first kappa shape index (κ1) is 47.2. The van der Waals surface area contributed by atoms with Gasteiger partial charge in [0.25, 0.3) is 10.1 Å². The maximum absolute atomic E-state index is 12.1. The van der Waals surface area contributed by atoms with Gasteiger partial charge in [-0.1, -0.05) is 33.6 Å². The van der Waals surface area contributed by atoms with Gasteiger partial charge in [0.2, 0.25) is 0 Å². The first-order valence-electron chi connectivity index (χ1n) is 17.0. The number of hydrogen-bond donors (Lipinski definition) is 0. The topological polar surface area (TPSA) is 154 Å². The Morgan fingerprint density at radius 1 is 0.380 bits per heavy atom. The van der Waals surface area contributed by atoms with Gasteiger partial charge in [-0.2, -0.15) is 8.42 Å². The second kappa shape index (κ2) is 36.5. The lowest BCUT2D eigenvalue weighted by Crippen LogP contribution is -2.16. The van der Waals surface area contributed by atoms with Gasteiger partial charge in [0.1, 0.15) is 0 Å². The van der Waals surface area contributed by atoms with E-state index in [4.69, 9.17) is 61.0 Å². The number of rotatable bonds is 40. The van der Waals surface area contributed by atoms with E-state index in [2.05, 4.69) is 15.9 Å². The van der Waals surface area contributed by atoms with E-state index >= 15 is 0 Å². The quantitative estimate of drug-likeness (QED) is 0.0541. The lowest BCUT2D eigenvalue weighted by atomic mass is 10.2. The molecule has 1 aromatic rings. The van der Waals surface area contributed by atoms with Crippen LogP contribution >= 0.6 is 15.9 Å². The lowest BCUT2D eigenvalue weighted by Gasteiger charge is -2.09. The van der Waals surface area contributed by atoms with Crippen molar-refractivity contribution < 1.29 is 69.4 Å². The second-order valence-corrected chi connectivity index (χ2v) is 12.5. The Hall–Kier alpha value is -0.870. The fourth-order valence-corrected chi connectivity index (χ4v) is 4.67. The molecule has 0 N–H and O–H groups in total. The van der Waals surface area contributed by atoms with Gasteiger partial charge >= 0.3 is 0 Å². The van der Waals surface area contributed by atoms with Crippen LogP contribution < -0.4 is 0 Å². The largest absolute Gasteiger partial charge is 0.378 e. The normalized spacial score (nSPS) is 11.9. The molecule has 1 aromatic carbocycles. The monoisotopic (exact) mass is 806 g/mol. The predicted molar refractivity (Wildman–Crippen MR) is 188 cm³/mol. The highest BCUT2D eigenvalue weighted by Gasteiger charge is 2.14. The van der Waals surface area contributed by atoms with E-state index in [0.29, 0.717) is 152 Å². The summed E-state index contributed by atoms with van der Waals surface area (Å²) in [4.78, 5) is 0.127. The van der Waals surface area contributed by atoms with Crippen LogP contribution in [0.2, 0.25) is 0 Å². The average molecular weight is 808 g/mol. The van der Waals surface area contributed by atoms with Gasteiger partial charge in [-0.3, -0.25) is 4.18 Å². The first-order valence-corrected chi connectivity index (χ1v) is 19.5. The van der Waals surface area contributed by atoms with Crippen LogP contribution in [0, 0.1) is 6.92 Å². The van der Waals surface area contributed by atoms with Crippen molar-refractivity contribution in [2.45, 2.75) is 11.8 Å². The Labute approximate surface area is 306 Å². The third-order valence-electron chi connectivity index (χ3n) is 6.09. The summed E-state index contributed by atoms with van der Waals surface area (Å²) in [6.45, 7) is 13.3. The minimum atomic E-state index is -3.78. The Bertz CT molecular complexity index is 944. The van der Waals surface area contributed by atoms with Crippen LogP contribution in [-0.2, 0) is 71.1 Å². The number of benzene rings is 1. The molecule has 0 aliphatic rings. The Morgan fingerprint density at radius 3 is 0.840 bits per heavy atom. The van der Waals surface area contributed by atoms with Crippen molar-refractivity contribution in [1.29, 1.82) is 0 Å². The number of halogens is 1. The summed E-state index contributed by atoms with van der Waals surface area (Å²) >= 11 is 3.30. The zero-order valence-electron chi connectivity index (χ0n) is 29.6. The summed E-state index contributed by atoms with van der Waals surface area (Å²) < 4.78 is 94.3. The molecule has 0 aliphatic heterocycles. The lowest BCUT2D eigenvalue weighted by molar-refractivity contribution is -0.0284. The van der Waals surface area contributed by atoms with E-state index in [9.17, 15) is 8.42 Å². The van der Waals surface area contributed by atoms with Crippen molar-refractivity contribution in [2.75, 3.05) is 171 Å². The molecule has 0 heterocycles. The van der Waals surface area contributed by atoms with Crippen molar-refractivity contribution in [3.8, 4) is 0 Å². The summed E-state index contributed by atoms with van der Waals surface area (Å²) in [6.07, 6.45) is 0. The summed E-state index contributed by atoms with van der Waals surface area (Å²) in [5.41, 5.74) is 0.974. The smallest absolute Gasteiger partial charge is 0.297 e. The highest BCUT2D eigenvalue weighted by molar-refractivity contribution is 9.09. The molecule has 0 saturated carbocycles. The molecule has 0 amide bonds. The fraction of sp³-hybridized carbons (Fsp3) is 0.818. The first-order chi connectivity index (χ1) is 24.6. The van der Waals surface area contributed by atoms with Gasteiger partial charge in [-0.05, 0) is 19.1 Å². The molecule has 15 nitrogen and oxygen atoms in total. The van der Waals surface area contributed by atoms with Crippen LogP contribution in [-0.4, -0.2) is 179 Å². The van der Waals surface area contributed by atoms with Gasteiger partial charge < -0.3 is 56.8 Å². The second-order valence-electron chi connectivity index (χ2n) is 10.1. The van der Waals surface area contributed by atoms with Gasteiger partial charge in [0, 0.05) is 5.33 Å². The summed E-state index contributed by atoms with van der Waals surface area (Å²) in [6, 6.07) is 6.48. The van der Waals surface area contributed by atoms with Crippen molar-refractivity contribution in [1.82, 2.24) is 0 Å².